The minimum Gasteiger partial charge on any atom is -0.273 e. The van der Waals surface area contributed by atoms with Crippen molar-refractivity contribution in [3.8, 4) is 0 Å². The zero-order chi connectivity index (χ0) is 22.5. The van der Waals surface area contributed by atoms with Gasteiger partial charge in [0.1, 0.15) is 5.92 Å². The highest BCUT2D eigenvalue weighted by atomic mass is 19.4. The SMILES string of the molecule is O=C1[C@H]2[C@@H](ON(c3ccccc3)[C@H]2c2ccncc2)C(=O)N1c1cccc(C(F)(F)F)c1. The van der Waals surface area contributed by atoms with E-state index >= 15 is 0 Å². The molecule has 3 aromatic rings. The molecule has 2 amide bonds. The van der Waals surface area contributed by atoms with Crippen molar-refractivity contribution in [2.75, 3.05) is 9.96 Å². The van der Waals surface area contributed by atoms with Gasteiger partial charge >= 0.3 is 6.18 Å². The monoisotopic (exact) mass is 439 g/mol. The van der Waals surface area contributed by atoms with Crippen molar-refractivity contribution in [2.45, 2.75) is 18.3 Å². The van der Waals surface area contributed by atoms with Gasteiger partial charge in [0, 0.05) is 12.4 Å². The second kappa shape index (κ2) is 7.45. The smallest absolute Gasteiger partial charge is 0.273 e. The Morgan fingerprint density at radius 1 is 0.844 bits per heavy atom. The molecule has 3 atom stereocenters. The molecule has 0 N–H and O–H groups in total. The number of benzene rings is 2. The lowest BCUT2D eigenvalue weighted by atomic mass is 9.91. The molecule has 0 aliphatic carbocycles. The highest BCUT2D eigenvalue weighted by Crippen LogP contribution is 2.47. The van der Waals surface area contributed by atoms with Gasteiger partial charge < -0.3 is 0 Å². The summed E-state index contributed by atoms with van der Waals surface area (Å²) in [5.41, 5.74) is 0.274. The van der Waals surface area contributed by atoms with Gasteiger partial charge in [-0.05, 0) is 48.0 Å². The van der Waals surface area contributed by atoms with Crippen molar-refractivity contribution in [2.24, 2.45) is 5.92 Å². The van der Waals surface area contributed by atoms with Gasteiger partial charge in [0.25, 0.3) is 5.91 Å². The van der Waals surface area contributed by atoms with Gasteiger partial charge in [-0.15, -0.1) is 0 Å². The lowest BCUT2D eigenvalue weighted by Crippen LogP contribution is -2.37. The Labute approximate surface area is 180 Å². The molecule has 2 aromatic carbocycles. The maximum absolute atomic E-state index is 13.4. The highest BCUT2D eigenvalue weighted by molar-refractivity contribution is 6.24. The van der Waals surface area contributed by atoms with E-state index in [1.807, 2.05) is 6.07 Å². The molecular weight excluding hydrogens is 423 g/mol. The fourth-order valence-corrected chi connectivity index (χ4v) is 4.19. The molecule has 32 heavy (non-hydrogen) atoms. The van der Waals surface area contributed by atoms with E-state index in [0.29, 0.717) is 11.3 Å². The van der Waals surface area contributed by atoms with E-state index in [2.05, 4.69) is 4.98 Å². The third-order valence-electron chi connectivity index (χ3n) is 5.61. The third kappa shape index (κ3) is 3.21. The molecule has 2 aliphatic heterocycles. The quantitative estimate of drug-likeness (QED) is 0.574. The standard InChI is InChI=1S/C23H16F3N3O3/c24-23(25,26)15-5-4-8-17(13-15)28-21(30)18-19(14-9-11-27-12-10-14)29(32-20(18)22(28)31)16-6-2-1-3-7-16/h1-13,18-20H/t18-,19+,20-/m1/s1. The number of hydroxylamine groups is 1. The zero-order valence-electron chi connectivity index (χ0n) is 16.4. The van der Waals surface area contributed by atoms with Crippen molar-refractivity contribution in [3.63, 3.8) is 0 Å². The molecule has 0 radical (unpaired) electrons. The Bertz CT molecular complexity index is 1170. The zero-order valence-corrected chi connectivity index (χ0v) is 16.4. The second-order valence-corrected chi connectivity index (χ2v) is 7.50. The number of fused-ring (bicyclic) bond motifs is 1. The first-order valence-corrected chi connectivity index (χ1v) is 9.82. The van der Waals surface area contributed by atoms with Gasteiger partial charge in [-0.25, -0.2) is 9.96 Å². The van der Waals surface area contributed by atoms with Crippen LogP contribution in [-0.4, -0.2) is 22.9 Å². The molecule has 2 aliphatic rings. The van der Waals surface area contributed by atoms with Gasteiger partial charge in [0.2, 0.25) is 5.91 Å². The fourth-order valence-electron chi connectivity index (χ4n) is 4.19. The number of alkyl halides is 3. The number of pyridine rings is 1. The molecule has 0 bridgehead atoms. The molecule has 1 aromatic heterocycles. The summed E-state index contributed by atoms with van der Waals surface area (Å²) in [6.45, 7) is 0. The lowest BCUT2D eigenvalue weighted by molar-refractivity contribution is -0.137. The number of halogens is 3. The molecule has 0 saturated carbocycles. The number of hydrogen-bond donors (Lipinski definition) is 0. The topological polar surface area (TPSA) is 62.7 Å². The Morgan fingerprint density at radius 2 is 1.53 bits per heavy atom. The number of carbonyl (C=O) groups is 2. The summed E-state index contributed by atoms with van der Waals surface area (Å²) in [5, 5.41) is 1.52. The lowest BCUT2D eigenvalue weighted by Gasteiger charge is -2.28. The Morgan fingerprint density at radius 3 is 2.22 bits per heavy atom. The average molecular weight is 439 g/mol. The van der Waals surface area contributed by atoms with Crippen molar-refractivity contribution in [3.05, 3.63) is 90.3 Å². The number of aromatic nitrogens is 1. The van der Waals surface area contributed by atoms with Crippen molar-refractivity contribution < 1.29 is 27.6 Å². The predicted octanol–water partition coefficient (Wildman–Crippen LogP) is 4.15. The van der Waals surface area contributed by atoms with E-state index in [1.165, 1.54) is 17.2 Å². The van der Waals surface area contributed by atoms with E-state index in [-0.39, 0.29) is 5.69 Å². The molecule has 162 valence electrons. The largest absolute Gasteiger partial charge is 0.416 e. The summed E-state index contributed by atoms with van der Waals surface area (Å²) >= 11 is 0. The van der Waals surface area contributed by atoms with Gasteiger partial charge in [0.15, 0.2) is 6.10 Å². The summed E-state index contributed by atoms with van der Waals surface area (Å²) < 4.78 is 39.5. The molecule has 0 spiro atoms. The molecule has 6 nitrogen and oxygen atoms in total. The number of anilines is 2. The van der Waals surface area contributed by atoms with E-state index in [0.717, 1.165) is 17.0 Å². The maximum atomic E-state index is 13.4. The summed E-state index contributed by atoms with van der Waals surface area (Å²) in [6.07, 6.45) is -2.62. The molecule has 3 heterocycles. The van der Waals surface area contributed by atoms with Crippen LogP contribution in [0.3, 0.4) is 0 Å². The number of para-hydroxylation sites is 1. The van der Waals surface area contributed by atoms with Crippen molar-refractivity contribution >= 4 is 23.2 Å². The van der Waals surface area contributed by atoms with Crippen LogP contribution in [0.1, 0.15) is 17.2 Å². The molecule has 2 fully saturated rings. The predicted molar refractivity (Wildman–Crippen MR) is 108 cm³/mol. The third-order valence-corrected chi connectivity index (χ3v) is 5.61. The van der Waals surface area contributed by atoms with Crippen molar-refractivity contribution in [1.29, 1.82) is 0 Å². The molecule has 5 rings (SSSR count). The van der Waals surface area contributed by atoms with Gasteiger partial charge in [-0.2, -0.15) is 13.2 Å². The number of hydrogen-bond acceptors (Lipinski definition) is 5. The summed E-state index contributed by atoms with van der Waals surface area (Å²) in [5.74, 6) is -2.24. The number of nitrogens with zero attached hydrogens (tertiary/aromatic N) is 3. The van der Waals surface area contributed by atoms with Gasteiger partial charge in [-0.1, -0.05) is 24.3 Å². The van der Waals surface area contributed by atoms with Crippen LogP contribution in [-0.2, 0) is 20.6 Å². The second-order valence-electron chi connectivity index (χ2n) is 7.50. The van der Waals surface area contributed by atoms with Crippen LogP contribution < -0.4 is 9.96 Å². The first-order valence-electron chi connectivity index (χ1n) is 9.82. The van der Waals surface area contributed by atoms with Gasteiger partial charge in [-0.3, -0.25) is 19.4 Å². The summed E-state index contributed by atoms with van der Waals surface area (Å²) in [6, 6.07) is 16.0. The minimum absolute atomic E-state index is 0.132. The molecule has 0 unspecified atom stereocenters. The van der Waals surface area contributed by atoms with Crippen LogP contribution in [0, 0.1) is 5.92 Å². The number of amides is 2. The van der Waals surface area contributed by atoms with E-state index < -0.39 is 41.6 Å². The molecule has 9 heteroatoms. The van der Waals surface area contributed by atoms with Crippen LogP contribution in [0.2, 0.25) is 0 Å². The Kier molecular flexibility index (Phi) is 4.70. The first-order chi connectivity index (χ1) is 15.4. The average Bonchev–Trinajstić information content (AvgIpc) is 3.30. The Hall–Kier alpha value is -3.72. The summed E-state index contributed by atoms with van der Waals surface area (Å²) in [4.78, 5) is 37.3. The molecule has 2 saturated heterocycles. The highest BCUT2D eigenvalue weighted by Gasteiger charge is 2.60. The number of rotatable bonds is 3. The van der Waals surface area contributed by atoms with E-state index in [4.69, 9.17) is 4.84 Å². The van der Waals surface area contributed by atoms with Gasteiger partial charge in [0.05, 0.1) is 23.0 Å². The van der Waals surface area contributed by atoms with Crippen LogP contribution in [0.15, 0.2) is 79.1 Å². The van der Waals surface area contributed by atoms with Crippen LogP contribution in [0.4, 0.5) is 24.5 Å². The fraction of sp³-hybridized carbons (Fsp3) is 0.174. The van der Waals surface area contributed by atoms with Crippen LogP contribution in [0.25, 0.3) is 0 Å². The van der Waals surface area contributed by atoms with Crippen LogP contribution >= 0.6 is 0 Å². The van der Waals surface area contributed by atoms with E-state index in [9.17, 15) is 22.8 Å². The number of imide groups is 1. The summed E-state index contributed by atoms with van der Waals surface area (Å²) in [7, 11) is 0. The minimum atomic E-state index is -4.60. The molecular formula is C23H16F3N3O3. The van der Waals surface area contributed by atoms with Crippen LogP contribution in [0.5, 0.6) is 0 Å². The Balaban J connectivity index is 1.56. The van der Waals surface area contributed by atoms with Crippen molar-refractivity contribution in [1.82, 2.24) is 4.98 Å². The normalized spacial score (nSPS) is 23.0. The maximum Gasteiger partial charge on any atom is 0.416 e. The first kappa shape index (κ1) is 20.2. The number of carbonyl (C=O) groups excluding carboxylic acids is 2. The van der Waals surface area contributed by atoms with E-state index in [1.54, 1.807) is 48.8 Å².